The van der Waals surface area contributed by atoms with E-state index in [2.05, 4.69) is 16.4 Å². The first-order valence-electron chi connectivity index (χ1n) is 10.6. The molecule has 1 aliphatic heterocycles. The third kappa shape index (κ3) is 6.99. The number of aliphatic imine (C=N–C) groups is 1. The Morgan fingerprint density at radius 3 is 2.38 bits per heavy atom. The summed E-state index contributed by atoms with van der Waals surface area (Å²) in [5, 5.41) is 4.68. The molecule has 0 aliphatic carbocycles. The second kappa shape index (κ2) is 11.3. The average molecular weight is 520 g/mol. The van der Waals surface area contributed by atoms with Gasteiger partial charge in [-0.25, -0.2) is 4.79 Å². The highest BCUT2D eigenvalue weighted by molar-refractivity contribution is 8.13. The number of nitrogens with one attached hydrogen (secondary N) is 1. The van der Waals surface area contributed by atoms with Gasteiger partial charge < -0.3 is 19.7 Å². The van der Waals surface area contributed by atoms with Gasteiger partial charge in [-0.1, -0.05) is 53.5 Å². The van der Waals surface area contributed by atoms with Crippen LogP contribution in [0.15, 0.2) is 41.4 Å². The lowest BCUT2D eigenvalue weighted by molar-refractivity contribution is -0.00781. The number of hydrogen-bond donors (Lipinski definition) is 1. The van der Waals surface area contributed by atoms with E-state index in [-0.39, 0.29) is 12.0 Å². The van der Waals surface area contributed by atoms with Crippen LogP contribution in [0, 0.1) is 18.4 Å². The summed E-state index contributed by atoms with van der Waals surface area (Å²) in [6.07, 6.45) is 6.83. The van der Waals surface area contributed by atoms with E-state index in [1.54, 1.807) is 17.0 Å². The summed E-state index contributed by atoms with van der Waals surface area (Å²) in [5.41, 5.74) is 1.81. The maximum absolute atomic E-state index is 12.0. The van der Waals surface area contributed by atoms with Gasteiger partial charge >= 0.3 is 6.09 Å². The van der Waals surface area contributed by atoms with E-state index in [0.29, 0.717) is 40.6 Å². The summed E-state index contributed by atoms with van der Waals surface area (Å²) in [7, 11) is 0. The maximum Gasteiger partial charge on any atom is 0.410 e. The quantitative estimate of drug-likeness (QED) is 0.273. The van der Waals surface area contributed by atoms with Crippen LogP contribution < -0.4 is 10.1 Å². The summed E-state index contributed by atoms with van der Waals surface area (Å²) in [6.45, 7) is 7.36. The Morgan fingerprint density at radius 1 is 1.24 bits per heavy atom. The number of nitrogens with zero attached hydrogens (tertiary/aromatic N) is 2. The molecule has 2 aromatic rings. The second-order valence-corrected chi connectivity index (χ2v) is 10.4. The number of terminal acetylenes is 1. The lowest BCUT2D eigenvalue weighted by atomic mass is 10.0. The summed E-state index contributed by atoms with van der Waals surface area (Å²) in [6, 6.07) is 13.4. The van der Waals surface area contributed by atoms with Gasteiger partial charge in [-0.3, -0.25) is 0 Å². The van der Waals surface area contributed by atoms with Gasteiger partial charge in [0.25, 0.3) is 0 Å². The van der Waals surface area contributed by atoms with Crippen LogP contribution in [-0.2, 0) is 4.74 Å². The molecular formula is C25H27Cl2N3O3S. The molecule has 9 heteroatoms. The lowest BCUT2D eigenvalue weighted by Gasteiger charge is -2.39. The van der Waals surface area contributed by atoms with Crippen LogP contribution in [0.25, 0.3) is 11.1 Å². The number of hydrogen-bond acceptors (Lipinski definition) is 5. The van der Waals surface area contributed by atoms with Gasteiger partial charge in [0.05, 0.1) is 16.7 Å². The molecule has 1 amide bonds. The third-order valence-electron chi connectivity index (χ3n) is 4.89. The van der Waals surface area contributed by atoms with Crippen molar-refractivity contribution in [3.63, 3.8) is 0 Å². The van der Waals surface area contributed by atoms with Crippen LogP contribution >= 0.6 is 35.0 Å². The molecule has 0 saturated carbocycles. The van der Waals surface area contributed by atoms with Crippen molar-refractivity contribution in [2.75, 3.05) is 31.3 Å². The topological polar surface area (TPSA) is 63.2 Å². The predicted molar refractivity (Wildman–Crippen MR) is 142 cm³/mol. The Kier molecular flexibility index (Phi) is 8.64. The van der Waals surface area contributed by atoms with Crippen LogP contribution in [0.1, 0.15) is 20.8 Å². The molecule has 1 heterocycles. The molecule has 0 unspecified atom stereocenters. The molecule has 0 atom stereocenters. The van der Waals surface area contributed by atoms with Crippen LogP contribution in [-0.4, -0.2) is 47.7 Å². The van der Waals surface area contributed by atoms with Gasteiger partial charge in [0.2, 0.25) is 0 Å². The molecule has 1 aliphatic rings. The van der Waals surface area contributed by atoms with E-state index in [1.165, 1.54) is 11.8 Å². The standard InChI is InChI=1S/C25H27Cl2N3O3S/c1-6-28-23(34-5)29-18-11-20(26)22(21(27)12-18)17-7-9-19(10-8-17)32-15-16-13-30(14-16)24(31)33-25(2,3)4/h1,7-12,16H,13-15H2,2-5H3,(H,28,29). The molecule has 1 saturated heterocycles. The Balaban J connectivity index is 1.57. The minimum atomic E-state index is -0.489. The number of thioether (sulfide) groups is 1. The van der Waals surface area contributed by atoms with E-state index in [0.717, 1.165) is 16.9 Å². The van der Waals surface area contributed by atoms with E-state index in [4.69, 9.17) is 39.1 Å². The predicted octanol–water partition coefficient (Wildman–Crippen LogP) is 6.63. The number of amidine groups is 1. The first-order chi connectivity index (χ1) is 16.1. The Bertz CT molecular complexity index is 1080. The smallest absolute Gasteiger partial charge is 0.410 e. The van der Waals surface area contributed by atoms with Gasteiger partial charge in [0, 0.05) is 36.3 Å². The number of carbonyl (C=O) groups excluding carboxylic acids is 1. The highest BCUT2D eigenvalue weighted by atomic mass is 35.5. The number of benzene rings is 2. The zero-order valence-electron chi connectivity index (χ0n) is 19.5. The zero-order valence-corrected chi connectivity index (χ0v) is 21.9. The molecular weight excluding hydrogens is 493 g/mol. The number of amides is 1. The van der Waals surface area contributed by atoms with Crippen molar-refractivity contribution in [3.05, 3.63) is 46.4 Å². The van der Waals surface area contributed by atoms with Crippen molar-refractivity contribution >= 4 is 51.9 Å². The largest absolute Gasteiger partial charge is 0.493 e. The highest BCUT2D eigenvalue weighted by Crippen LogP contribution is 2.38. The molecule has 6 nitrogen and oxygen atoms in total. The number of rotatable bonds is 5. The van der Waals surface area contributed by atoms with Crippen molar-refractivity contribution in [2.45, 2.75) is 26.4 Å². The lowest BCUT2D eigenvalue weighted by Crippen LogP contribution is -2.53. The fraction of sp³-hybridized carbons (Fsp3) is 0.360. The first-order valence-corrected chi connectivity index (χ1v) is 12.6. The van der Waals surface area contributed by atoms with Gasteiger partial charge in [-0.05, 0) is 56.9 Å². The van der Waals surface area contributed by atoms with E-state index >= 15 is 0 Å². The maximum atomic E-state index is 12.0. The van der Waals surface area contributed by atoms with Crippen LogP contribution in [0.5, 0.6) is 5.75 Å². The molecule has 1 N–H and O–H groups in total. The molecule has 0 aromatic heterocycles. The first kappa shape index (κ1) is 26.1. The van der Waals surface area contributed by atoms with Crippen molar-refractivity contribution in [2.24, 2.45) is 10.9 Å². The van der Waals surface area contributed by atoms with Crippen molar-refractivity contribution in [1.82, 2.24) is 4.90 Å². The van der Waals surface area contributed by atoms with Gasteiger partial charge in [0.15, 0.2) is 5.17 Å². The molecule has 34 heavy (non-hydrogen) atoms. The zero-order chi connectivity index (χ0) is 24.9. The molecule has 1 fully saturated rings. The van der Waals surface area contributed by atoms with Crippen molar-refractivity contribution in [1.29, 1.82) is 0 Å². The number of halogens is 2. The molecule has 2 aromatic carbocycles. The van der Waals surface area contributed by atoms with Crippen molar-refractivity contribution < 1.29 is 14.3 Å². The van der Waals surface area contributed by atoms with E-state index < -0.39 is 5.60 Å². The summed E-state index contributed by atoms with van der Waals surface area (Å²) >= 11 is 14.5. The van der Waals surface area contributed by atoms with Crippen LogP contribution in [0.3, 0.4) is 0 Å². The molecule has 0 spiro atoms. The highest BCUT2D eigenvalue weighted by Gasteiger charge is 2.34. The summed E-state index contributed by atoms with van der Waals surface area (Å²) < 4.78 is 11.3. The second-order valence-electron chi connectivity index (χ2n) is 8.78. The van der Waals surface area contributed by atoms with E-state index in [1.807, 2.05) is 51.3 Å². The fourth-order valence-corrected chi connectivity index (χ4v) is 4.38. The number of likely N-dealkylation sites (tertiary alicyclic amines) is 1. The van der Waals surface area contributed by atoms with Crippen molar-refractivity contribution in [3.8, 4) is 29.3 Å². The average Bonchev–Trinajstić information content (AvgIpc) is 2.71. The monoisotopic (exact) mass is 519 g/mol. The number of ether oxygens (including phenoxy) is 2. The Labute approximate surface area is 215 Å². The SMILES string of the molecule is C#CN=C(Nc1cc(Cl)c(-c2ccc(OCC3CN(C(=O)OC(C)(C)C)C3)cc2)c(Cl)c1)SC. The molecule has 3 rings (SSSR count). The van der Waals surface area contributed by atoms with Gasteiger partial charge in [0.1, 0.15) is 11.4 Å². The number of anilines is 1. The molecule has 0 radical (unpaired) electrons. The fourth-order valence-electron chi connectivity index (χ4n) is 3.31. The third-order valence-corrected chi connectivity index (χ3v) is 6.07. The molecule has 0 bridgehead atoms. The summed E-state index contributed by atoms with van der Waals surface area (Å²) in [4.78, 5) is 17.6. The number of carbonyl (C=O) groups is 1. The van der Waals surface area contributed by atoms with Crippen LogP contribution in [0.4, 0.5) is 10.5 Å². The minimum Gasteiger partial charge on any atom is -0.493 e. The Morgan fingerprint density at radius 2 is 1.85 bits per heavy atom. The molecule has 180 valence electrons. The van der Waals surface area contributed by atoms with Gasteiger partial charge in [-0.15, -0.1) is 0 Å². The Hall–Kier alpha value is -2.53. The van der Waals surface area contributed by atoms with Gasteiger partial charge in [-0.2, -0.15) is 4.99 Å². The normalized spacial score (nSPS) is 14.3. The van der Waals surface area contributed by atoms with Crippen LogP contribution in [0.2, 0.25) is 10.0 Å². The van der Waals surface area contributed by atoms with E-state index in [9.17, 15) is 4.79 Å². The minimum absolute atomic E-state index is 0.278. The summed E-state index contributed by atoms with van der Waals surface area (Å²) in [5.74, 6) is 1.01.